The molecular formula is C22H19ClN2O6S. The molecule has 3 aromatic carbocycles. The summed E-state index contributed by atoms with van der Waals surface area (Å²) in [6.45, 7) is 0. The second-order valence-corrected chi connectivity index (χ2v) is 8.88. The molecule has 0 unspecified atom stereocenters. The third-order valence-electron chi connectivity index (χ3n) is 4.70. The number of nitro benzene ring substituents is 1. The lowest BCUT2D eigenvalue weighted by molar-refractivity contribution is -0.387. The number of ketones is 1. The van der Waals surface area contributed by atoms with E-state index in [9.17, 15) is 23.3 Å². The molecule has 0 spiro atoms. The molecule has 0 fully saturated rings. The normalized spacial score (nSPS) is 13.2. The summed E-state index contributed by atoms with van der Waals surface area (Å²) < 4.78 is 33.6. The van der Waals surface area contributed by atoms with Crippen LogP contribution in [0, 0.1) is 10.1 Å². The highest BCUT2D eigenvalue weighted by Gasteiger charge is 2.35. The summed E-state index contributed by atoms with van der Waals surface area (Å²) in [4.78, 5) is 23.3. The Morgan fingerprint density at radius 1 is 1.00 bits per heavy atom. The number of nitro groups is 1. The zero-order valence-electron chi connectivity index (χ0n) is 16.8. The van der Waals surface area contributed by atoms with Crippen molar-refractivity contribution in [2.24, 2.45) is 0 Å². The number of nitrogens with one attached hydrogen (secondary N) is 1. The second-order valence-electron chi connectivity index (χ2n) is 6.73. The number of benzene rings is 3. The fourth-order valence-corrected chi connectivity index (χ4v) is 4.85. The monoisotopic (exact) mass is 474 g/mol. The van der Waals surface area contributed by atoms with Gasteiger partial charge in [-0.05, 0) is 35.9 Å². The predicted molar refractivity (Wildman–Crippen MR) is 120 cm³/mol. The Morgan fingerprint density at radius 2 is 1.59 bits per heavy atom. The fraction of sp³-hybridized carbons (Fsp3) is 0.136. The van der Waals surface area contributed by atoms with Gasteiger partial charge in [0.25, 0.3) is 5.69 Å². The average molecular weight is 475 g/mol. The first-order valence-corrected chi connectivity index (χ1v) is 11.3. The topological polar surface area (TPSA) is 116 Å². The largest absolute Gasteiger partial charge is 0.497 e. The minimum absolute atomic E-state index is 0.197. The Hall–Kier alpha value is -3.27. The molecular weight excluding hydrogens is 456 g/mol. The van der Waals surface area contributed by atoms with Gasteiger partial charge < -0.3 is 4.74 Å². The molecule has 2 atom stereocenters. The van der Waals surface area contributed by atoms with E-state index < -0.39 is 42.7 Å². The lowest BCUT2D eigenvalue weighted by Crippen LogP contribution is -2.43. The van der Waals surface area contributed by atoms with Gasteiger partial charge in [0.15, 0.2) is 10.7 Å². The van der Waals surface area contributed by atoms with Crippen molar-refractivity contribution in [3.8, 4) is 5.75 Å². The number of hydrogen-bond donors (Lipinski definition) is 1. The Bertz CT molecular complexity index is 1220. The summed E-state index contributed by atoms with van der Waals surface area (Å²) in [5.74, 6) is -0.0808. The van der Waals surface area contributed by atoms with E-state index in [0.717, 1.165) is 12.1 Å². The van der Waals surface area contributed by atoms with E-state index in [0.29, 0.717) is 11.3 Å². The molecule has 3 aromatic rings. The minimum Gasteiger partial charge on any atom is -0.497 e. The molecule has 0 saturated carbocycles. The van der Waals surface area contributed by atoms with Crippen LogP contribution in [-0.2, 0) is 10.0 Å². The van der Waals surface area contributed by atoms with Gasteiger partial charge in [-0.1, -0.05) is 42.5 Å². The lowest BCUT2D eigenvalue weighted by Gasteiger charge is -2.23. The zero-order valence-corrected chi connectivity index (χ0v) is 18.4. The van der Waals surface area contributed by atoms with Crippen molar-refractivity contribution in [1.29, 1.82) is 0 Å². The molecule has 0 aliphatic carbocycles. The quantitative estimate of drug-likeness (QED) is 0.216. The van der Waals surface area contributed by atoms with Crippen molar-refractivity contribution in [1.82, 2.24) is 4.72 Å². The molecule has 0 heterocycles. The number of alkyl halides is 1. The first-order chi connectivity index (χ1) is 15.2. The summed E-state index contributed by atoms with van der Waals surface area (Å²) >= 11 is 6.57. The maximum absolute atomic E-state index is 13.3. The summed E-state index contributed by atoms with van der Waals surface area (Å²) in [6.07, 6.45) is 0. The van der Waals surface area contributed by atoms with Crippen LogP contribution in [0.25, 0.3) is 0 Å². The van der Waals surface area contributed by atoms with Crippen molar-refractivity contribution >= 4 is 33.1 Å². The van der Waals surface area contributed by atoms with E-state index in [2.05, 4.69) is 4.72 Å². The van der Waals surface area contributed by atoms with E-state index in [1.807, 2.05) is 0 Å². The Balaban J connectivity index is 2.04. The maximum Gasteiger partial charge on any atom is 0.289 e. The number of sulfonamides is 1. The van der Waals surface area contributed by atoms with Gasteiger partial charge in [-0.25, -0.2) is 8.42 Å². The summed E-state index contributed by atoms with van der Waals surface area (Å²) in [5, 5.41) is 10.3. The smallest absolute Gasteiger partial charge is 0.289 e. The Labute approximate surface area is 190 Å². The highest BCUT2D eigenvalue weighted by atomic mass is 35.5. The molecule has 32 heavy (non-hydrogen) atoms. The highest BCUT2D eigenvalue weighted by Crippen LogP contribution is 2.30. The van der Waals surface area contributed by atoms with Crippen molar-refractivity contribution in [2.75, 3.05) is 7.11 Å². The summed E-state index contributed by atoms with van der Waals surface area (Å²) in [6, 6.07) is 18.0. The van der Waals surface area contributed by atoms with Crippen LogP contribution in [0.15, 0.2) is 83.8 Å². The number of methoxy groups -OCH3 is 1. The number of halogens is 1. The van der Waals surface area contributed by atoms with Gasteiger partial charge in [0, 0.05) is 11.6 Å². The number of carbonyl (C=O) groups excluding carboxylic acids is 1. The molecule has 1 N–H and O–H groups in total. The van der Waals surface area contributed by atoms with Crippen LogP contribution in [0.1, 0.15) is 21.3 Å². The minimum atomic E-state index is -4.48. The van der Waals surface area contributed by atoms with Gasteiger partial charge in [-0.3, -0.25) is 14.9 Å². The molecule has 8 nitrogen and oxygen atoms in total. The Morgan fingerprint density at radius 3 is 2.19 bits per heavy atom. The average Bonchev–Trinajstić information content (AvgIpc) is 2.82. The van der Waals surface area contributed by atoms with E-state index in [-0.39, 0.29) is 5.56 Å². The molecule has 0 bridgehead atoms. The van der Waals surface area contributed by atoms with E-state index >= 15 is 0 Å². The van der Waals surface area contributed by atoms with Crippen molar-refractivity contribution in [2.45, 2.75) is 16.3 Å². The molecule has 3 rings (SSSR count). The second kappa shape index (κ2) is 9.90. The molecule has 166 valence electrons. The van der Waals surface area contributed by atoms with Crippen LogP contribution in [0.5, 0.6) is 5.75 Å². The summed E-state index contributed by atoms with van der Waals surface area (Å²) in [5.41, 5.74) is 0.0930. The third kappa shape index (κ3) is 5.13. The van der Waals surface area contributed by atoms with Crippen LogP contribution >= 0.6 is 11.6 Å². The van der Waals surface area contributed by atoms with Gasteiger partial charge in [0.2, 0.25) is 10.0 Å². The van der Waals surface area contributed by atoms with Crippen LogP contribution in [-0.4, -0.2) is 32.3 Å². The molecule has 0 radical (unpaired) electrons. The third-order valence-corrected chi connectivity index (χ3v) is 6.69. The number of nitrogens with zero attached hydrogens (tertiary/aromatic N) is 1. The van der Waals surface area contributed by atoms with Gasteiger partial charge >= 0.3 is 0 Å². The first-order valence-electron chi connectivity index (χ1n) is 9.37. The SMILES string of the molecule is COc1ccc(C(=O)[C@H](NS(=O)(=O)c2ccccc2[N+](=O)[O-])[C@H](Cl)c2ccccc2)cc1. The number of Topliss-reactive ketones (excluding diaryl/α,β-unsaturated/α-hetero) is 1. The van der Waals surface area contributed by atoms with Crippen LogP contribution in [0.2, 0.25) is 0 Å². The van der Waals surface area contributed by atoms with E-state index in [1.54, 1.807) is 42.5 Å². The van der Waals surface area contributed by atoms with Crippen LogP contribution in [0.4, 0.5) is 5.69 Å². The zero-order chi connectivity index (χ0) is 23.3. The predicted octanol–water partition coefficient (Wildman–Crippen LogP) is 4.11. The van der Waals surface area contributed by atoms with Crippen LogP contribution in [0.3, 0.4) is 0 Å². The van der Waals surface area contributed by atoms with Gasteiger partial charge in [-0.15, -0.1) is 11.6 Å². The fourth-order valence-electron chi connectivity index (χ4n) is 3.08. The van der Waals surface area contributed by atoms with Crippen LogP contribution < -0.4 is 9.46 Å². The molecule has 0 aromatic heterocycles. The first kappa shape index (κ1) is 23.4. The molecule has 0 aliphatic rings. The van der Waals surface area contributed by atoms with Crippen molar-refractivity contribution in [3.05, 3.63) is 100 Å². The van der Waals surface area contributed by atoms with Crippen molar-refractivity contribution < 1.29 is 22.9 Å². The van der Waals surface area contributed by atoms with E-state index in [1.165, 1.54) is 31.4 Å². The van der Waals surface area contributed by atoms with Gasteiger partial charge in [-0.2, -0.15) is 4.72 Å². The van der Waals surface area contributed by atoms with Crippen molar-refractivity contribution in [3.63, 3.8) is 0 Å². The number of hydrogen-bond acceptors (Lipinski definition) is 6. The highest BCUT2D eigenvalue weighted by molar-refractivity contribution is 7.89. The number of carbonyl (C=O) groups is 1. The molecule has 0 amide bonds. The number of para-hydroxylation sites is 1. The maximum atomic E-state index is 13.3. The summed E-state index contributed by atoms with van der Waals surface area (Å²) in [7, 11) is -3.00. The van der Waals surface area contributed by atoms with Gasteiger partial charge in [0.1, 0.15) is 11.8 Å². The standard InChI is InChI=1S/C22H19ClN2O6S/c1-31-17-13-11-16(12-14-17)22(26)21(20(23)15-7-3-2-4-8-15)24-32(29,30)19-10-6-5-9-18(19)25(27)28/h2-14,20-21,24H,1H3/t20-,21-/m1/s1. The molecule has 0 saturated heterocycles. The lowest BCUT2D eigenvalue weighted by atomic mass is 9.98. The molecule has 10 heteroatoms. The van der Waals surface area contributed by atoms with E-state index in [4.69, 9.17) is 16.3 Å². The van der Waals surface area contributed by atoms with Gasteiger partial charge in [0.05, 0.1) is 17.4 Å². The number of ether oxygens (including phenoxy) is 1. The Kier molecular flexibility index (Phi) is 7.24. The molecule has 0 aliphatic heterocycles. The number of rotatable bonds is 9.